The Balaban J connectivity index is 2.27. The van der Waals surface area contributed by atoms with Crippen LogP contribution < -0.4 is 10.6 Å². The normalized spacial score (nSPS) is 9.50. The summed E-state index contributed by atoms with van der Waals surface area (Å²) in [6.45, 7) is 0.258. The zero-order valence-electron chi connectivity index (χ0n) is 7.82. The molecular formula is C10H13N2O2. The first-order valence-electron chi connectivity index (χ1n) is 4.51. The Morgan fingerprint density at radius 2 is 1.93 bits per heavy atom. The first-order chi connectivity index (χ1) is 6.83. The molecule has 0 aliphatic rings. The molecule has 1 aromatic carbocycles. The van der Waals surface area contributed by atoms with Crippen molar-refractivity contribution in [3.05, 3.63) is 30.3 Å². The average molecular weight is 193 g/mol. The monoisotopic (exact) mass is 193 g/mol. The van der Waals surface area contributed by atoms with Gasteiger partial charge < -0.3 is 10.6 Å². The third kappa shape index (κ3) is 3.91. The summed E-state index contributed by atoms with van der Waals surface area (Å²) in [5.41, 5.74) is 0.743. The highest BCUT2D eigenvalue weighted by atomic mass is 16.3. The highest BCUT2D eigenvalue weighted by molar-refractivity contribution is 5.89. The van der Waals surface area contributed by atoms with Gasteiger partial charge in [0.25, 0.3) is 0 Å². The van der Waals surface area contributed by atoms with Gasteiger partial charge in [-0.2, -0.15) is 0 Å². The molecule has 1 radical (unpaired) electrons. The Labute approximate surface area is 82.9 Å². The number of rotatable bonds is 4. The predicted molar refractivity (Wildman–Crippen MR) is 53.6 cm³/mol. The largest absolute Gasteiger partial charge is 0.338 e. The van der Waals surface area contributed by atoms with Gasteiger partial charge in [-0.25, -0.2) is 9.90 Å². The molecular weight excluding hydrogens is 180 g/mol. The van der Waals surface area contributed by atoms with Gasteiger partial charge in [-0.05, 0) is 18.6 Å². The summed E-state index contributed by atoms with van der Waals surface area (Å²) in [5.74, 6) is 0. The van der Waals surface area contributed by atoms with Gasteiger partial charge in [0.05, 0.1) is 6.61 Å². The van der Waals surface area contributed by atoms with Crippen molar-refractivity contribution < 1.29 is 9.90 Å². The van der Waals surface area contributed by atoms with Crippen LogP contribution in [0.25, 0.3) is 0 Å². The number of amides is 2. The lowest BCUT2D eigenvalue weighted by Crippen LogP contribution is -2.29. The Hall–Kier alpha value is -1.55. The van der Waals surface area contributed by atoms with Crippen molar-refractivity contribution in [1.29, 1.82) is 0 Å². The summed E-state index contributed by atoms with van der Waals surface area (Å²) >= 11 is 0. The average Bonchev–Trinajstić information content (AvgIpc) is 2.20. The van der Waals surface area contributed by atoms with Crippen LogP contribution in [-0.4, -0.2) is 19.2 Å². The van der Waals surface area contributed by atoms with E-state index in [1.165, 1.54) is 0 Å². The Bertz CT molecular complexity index is 275. The molecule has 2 N–H and O–H groups in total. The topological polar surface area (TPSA) is 61.0 Å². The van der Waals surface area contributed by atoms with Crippen LogP contribution in [0.3, 0.4) is 0 Å². The lowest BCUT2D eigenvalue weighted by atomic mass is 10.3. The molecule has 4 heteroatoms. The van der Waals surface area contributed by atoms with E-state index in [4.69, 9.17) is 0 Å². The van der Waals surface area contributed by atoms with Crippen LogP contribution in [0.1, 0.15) is 6.42 Å². The van der Waals surface area contributed by atoms with Crippen LogP contribution in [-0.2, 0) is 5.11 Å². The van der Waals surface area contributed by atoms with Crippen molar-refractivity contribution in [3.8, 4) is 0 Å². The van der Waals surface area contributed by atoms with E-state index in [2.05, 4.69) is 10.6 Å². The molecule has 0 fully saturated rings. The van der Waals surface area contributed by atoms with Crippen molar-refractivity contribution in [2.45, 2.75) is 6.42 Å². The van der Waals surface area contributed by atoms with Gasteiger partial charge in [0, 0.05) is 12.2 Å². The van der Waals surface area contributed by atoms with Crippen LogP contribution in [0.5, 0.6) is 0 Å². The molecule has 4 nitrogen and oxygen atoms in total. The molecule has 14 heavy (non-hydrogen) atoms. The Morgan fingerprint density at radius 1 is 1.21 bits per heavy atom. The summed E-state index contributed by atoms with van der Waals surface area (Å²) in [6.07, 6.45) is 0.461. The second-order valence-electron chi connectivity index (χ2n) is 2.80. The number of benzene rings is 1. The molecule has 0 spiro atoms. The smallest absolute Gasteiger partial charge is 0.319 e. The van der Waals surface area contributed by atoms with E-state index in [9.17, 15) is 9.90 Å². The van der Waals surface area contributed by atoms with E-state index in [-0.39, 0.29) is 12.6 Å². The fourth-order valence-electron chi connectivity index (χ4n) is 0.971. The molecule has 1 aromatic rings. The van der Waals surface area contributed by atoms with Crippen molar-refractivity contribution in [1.82, 2.24) is 5.32 Å². The number of urea groups is 1. The van der Waals surface area contributed by atoms with Crippen LogP contribution >= 0.6 is 0 Å². The van der Waals surface area contributed by atoms with E-state index < -0.39 is 0 Å². The molecule has 0 heterocycles. The minimum atomic E-state index is -0.273. The zero-order valence-corrected chi connectivity index (χ0v) is 7.82. The van der Waals surface area contributed by atoms with E-state index >= 15 is 0 Å². The maximum atomic E-state index is 11.2. The summed E-state index contributed by atoms with van der Waals surface area (Å²) in [7, 11) is 0. The van der Waals surface area contributed by atoms with Crippen molar-refractivity contribution >= 4 is 11.7 Å². The quantitative estimate of drug-likeness (QED) is 0.701. The maximum absolute atomic E-state index is 11.2. The van der Waals surface area contributed by atoms with E-state index in [1.54, 1.807) is 12.1 Å². The second-order valence-corrected chi connectivity index (χ2v) is 2.80. The molecule has 75 valence electrons. The number of hydrogen-bond acceptors (Lipinski definition) is 1. The minimum Gasteiger partial charge on any atom is -0.338 e. The minimum absolute atomic E-state index is 0.161. The molecule has 0 aliphatic carbocycles. The van der Waals surface area contributed by atoms with Gasteiger partial charge in [-0.1, -0.05) is 18.2 Å². The molecule has 2 amide bonds. The summed E-state index contributed by atoms with van der Waals surface area (Å²) < 4.78 is 0. The van der Waals surface area contributed by atoms with Crippen LogP contribution in [0.4, 0.5) is 10.5 Å². The molecule has 0 atom stereocenters. The van der Waals surface area contributed by atoms with Gasteiger partial charge >= 0.3 is 6.03 Å². The molecule has 0 aromatic heterocycles. The summed E-state index contributed by atoms with van der Waals surface area (Å²) in [6, 6.07) is 8.88. The molecule has 1 rings (SSSR count). The number of anilines is 1. The number of carbonyl (C=O) groups excluding carboxylic acids is 1. The van der Waals surface area contributed by atoms with E-state index in [0.29, 0.717) is 13.0 Å². The highest BCUT2D eigenvalue weighted by Crippen LogP contribution is 2.03. The van der Waals surface area contributed by atoms with Crippen molar-refractivity contribution in [3.63, 3.8) is 0 Å². The summed E-state index contributed by atoms with van der Waals surface area (Å²) in [4.78, 5) is 11.2. The maximum Gasteiger partial charge on any atom is 0.319 e. The number of nitrogens with one attached hydrogen (secondary N) is 2. The van der Waals surface area contributed by atoms with Crippen LogP contribution in [0.15, 0.2) is 30.3 Å². The SMILES string of the molecule is [O]CCCNC(=O)Nc1ccccc1. The standard InChI is InChI=1S/C10H13N2O2/c13-8-4-7-11-10(14)12-9-5-2-1-3-6-9/h1-3,5-6H,4,7-8H2,(H2,11,12,14). The zero-order chi connectivity index (χ0) is 10.2. The molecule has 0 saturated heterocycles. The first kappa shape index (κ1) is 10.5. The van der Waals surface area contributed by atoms with Crippen molar-refractivity contribution in [2.24, 2.45) is 0 Å². The Kier molecular flexibility index (Phi) is 4.50. The lowest BCUT2D eigenvalue weighted by molar-refractivity contribution is 0.188. The molecule has 0 unspecified atom stereocenters. The Morgan fingerprint density at radius 3 is 2.57 bits per heavy atom. The van der Waals surface area contributed by atoms with E-state index in [1.807, 2.05) is 18.2 Å². The molecule has 0 bridgehead atoms. The number of para-hydroxylation sites is 1. The fourth-order valence-corrected chi connectivity index (χ4v) is 0.971. The van der Waals surface area contributed by atoms with Gasteiger partial charge in [0.15, 0.2) is 0 Å². The lowest BCUT2D eigenvalue weighted by Gasteiger charge is -2.05. The number of hydrogen-bond donors (Lipinski definition) is 2. The predicted octanol–water partition coefficient (Wildman–Crippen LogP) is 1.63. The van der Waals surface area contributed by atoms with Gasteiger partial charge in [-0.3, -0.25) is 0 Å². The van der Waals surface area contributed by atoms with Crippen LogP contribution in [0.2, 0.25) is 0 Å². The van der Waals surface area contributed by atoms with Gasteiger partial charge in [0.1, 0.15) is 0 Å². The van der Waals surface area contributed by atoms with Crippen molar-refractivity contribution in [2.75, 3.05) is 18.5 Å². The fraction of sp³-hybridized carbons (Fsp3) is 0.300. The van der Waals surface area contributed by atoms with Crippen LogP contribution in [0, 0.1) is 0 Å². The summed E-state index contributed by atoms with van der Waals surface area (Å²) in [5, 5.41) is 15.3. The second kappa shape index (κ2) is 5.99. The number of carbonyl (C=O) groups is 1. The molecule has 0 saturated carbocycles. The third-order valence-electron chi connectivity index (χ3n) is 1.64. The molecule has 0 aliphatic heterocycles. The van der Waals surface area contributed by atoms with Gasteiger partial charge in [0.2, 0.25) is 0 Å². The van der Waals surface area contributed by atoms with Gasteiger partial charge in [-0.15, -0.1) is 0 Å². The first-order valence-corrected chi connectivity index (χ1v) is 4.51. The highest BCUT2D eigenvalue weighted by Gasteiger charge is 1.98. The van der Waals surface area contributed by atoms with E-state index in [0.717, 1.165) is 5.69 Å². The third-order valence-corrected chi connectivity index (χ3v) is 1.64.